The van der Waals surface area contributed by atoms with Crippen molar-refractivity contribution in [3.8, 4) is 34.4 Å². The highest BCUT2D eigenvalue weighted by molar-refractivity contribution is 7.10. The summed E-state index contributed by atoms with van der Waals surface area (Å²) in [4.78, 5) is 78.9. The van der Waals surface area contributed by atoms with Crippen LogP contribution in [0.25, 0.3) is 33.4 Å². The number of methoxy groups -OCH3 is 1. The Hall–Kier alpha value is -5.63. The van der Waals surface area contributed by atoms with Crippen LogP contribution in [-0.2, 0) is 53.3 Å². The third-order valence-electron chi connectivity index (χ3n) is 12.3. The van der Waals surface area contributed by atoms with E-state index < -0.39 is 29.3 Å². The summed E-state index contributed by atoms with van der Waals surface area (Å²) in [5.41, 5.74) is 9.23. The normalized spacial score (nSPS) is 16.8. The van der Waals surface area contributed by atoms with Crippen LogP contribution in [0, 0.1) is 29.1 Å². The smallest absolute Gasteiger partial charge is 0.298 e. The number of fused-ring (bicyclic) bond motifs is 1. The molecule has 16 heteroatoms. The van der Waals surface area contributed by atoms with E-state index in [9.17, 15) is 24.0 Å². The Labute approximate surface area is 380 Å². The van der Waals surface area contributed by atoms with Crippen molar-refractivity contribution in [3.05, 3.63) is 58.2 Å². The summed E-state index contributed by atoms with van der Waals surface area (Å²) in [6.07, 6.45) is 4.49. The number of amides is 4. The van der Waals surface area contributed by atoms with Crippen LogP contribution >= 0.6 is 11.3 Å². The minimum Gasteiger partial charge on any atom is -0.467 e. The lowest BCUT2D eigenvalue weighted by atomic mass is 9.84. The number of likely N-dealkylation sites (tertiary alicyclic amines) is 1. The Kier molecular flexibility index (Phi) is 15.6. The van der Waals surface area contributed by atoms with Gasteiger partial charge in [-0.3, -0.25) is 34.0 Å². The lowest BCUT2D eigenvalue weighted by Gasteiger charge is -2.35. The second-order valence-corrected chi connectivity index (χ2v) is 18.9. The molecule has 2 aliphatic heterocycles. The average molecular weight is 895 g/mol. The molecular formula is C48H62N8O7S. The lowest BCUT2D eigenvalue weighted by molar-refractivity contribution is -0.145. The number of ether oxygens (including phenoxy) is 2. The van der Waals surface area contributed by atoms with Gasteiger partial charge in [0.25, 0.3) is 18.3 Å². The fourth-order valence-electron chi connectivity index (χ4n) is 8.96. The van der Waals surface area contributed by atoms with Crippen molar-refractivity contribution in [1.82, 2.24) is 40.1 Å². The van der Waals surface area contributed by atoms with Gasteiger partial charge in [-0.25, -0.2) is 10.4 Å². The monoisotopic (exact) mass is 894 g/mol. The van der Waals surface area contributed by atoms with E-state index >= 15 is 0 Å². The zero-order valence-corrected chi connectivity index (χ0v) is 39.3. The van der Waals surface area contributed by atoms with Crippen molar-refractivity contribution in [1.29, 1.82) is 0 Å². The number of pyridine rings is 1. The molecule has 2 fully saturated rings. The van der Waals surface area contributed by atoms with Gasteiger partial charge in [0.15, 0.2) is 0 Å². The lowest BCUT2D eigenvalue weighted by Crippen LogP contribution is -2.59. The van der Waals surface area contributed by atoms with Crippen molar-refractivity contribution in [2.45, 2.75) is 91.8 Å². The molecule has 0 aliphatic carbocycles. The Morgan fingerprint density at radius 1 is 1.14 bits per heavy atom. The third-order valence-corrected chi connectivity index (χ3v) is 13.1. The van der Waals surface area contributed by atoms with E-state index in [0.717, 1.165) is 57.5 Å². The summed E-state index contributed by atoms with van der Waals surface area (Å²) >= 11 is 1.42. The van der Waals surface area contributed by atoms with Gasteiger partial charge >= 0.3 is 0 Å². The minimum atomic E-state index is -0.959. The number of nitrogens with one attached hydrogen (secondary N) is 2. The number of hydrogen-bond acceptors (Lipinski definition) is 11. The van der Waals surface area contributed by atoms with Crippen molar-refractivity contribution >= 4 is 52.3 Å². The molecule has 0 unspecified atom stereocenters. The minimum absolute atomic E-state index is 0.142. The van der Waals surface area contributed by atoms with Crippen molar-refractivity contribution in [2.24, 2.45) is 24.3 Å². The molecule has 342 valence electrons. The standard InChI is InChI=1S/C48H62N8O7S/c1-10-14-41(58)55-22-18-33(26-55)46(60)54(8)43(30(2)3)45(59)52-37(47(61)56-21-12-11-20-50-56)24-40-51-38(27-64-40)32-16-17-39-35(23-32)36(25-48(5,6)28-63-29-57)44(53(39)7)34-15-13-19-49-42(34)31(4)62-9/h13,15-17,19,23,27,29-31,33,37,43,50H,11-12,18,20-22,24-26,28H2,1-9H3,(H,52,59)/t31-,33-,37-,43-/m0/s1. The molecular weight excluding hydrogens is 833 g/mol. The van der Waals surface area contributed by atoms with E-state index in [4.69, 9.17) is 19.4 Å². The third kappa shape index (κ3) is 10.7. The average Bonchev–Trinajstić information content (AvgIpc) is 4.03. The van der Waals surface area contributed by atoms with Gasteiger partial charge in [-0.2, -0.15) is 0 Å². The molecule has 4 atom stereocenters. The van der Waals surface area contributed by atoms with Gasteiger partial charge in [-0.15, -0.1) is 11.3 Å². The second-order valence-electron chi connectivity index (χ2n) is 17.9. The molecule has 6 rings (SSSR count). The highest BCUT2D eigenvalue weighted by Crippen LogP contribution is 2.41. The van der Waals surface area contributed by atoms with E-state index in [2.05, 4.69) is 59.2 Å². The predicted octanol–water partition coefficient (Wildman–Crippen LogP) is 5.32. The molecule has 64 heavy (non-hydrogen) atoms. The molecule has 0 bridgehead atoms. The van der Waals surface area contributed by atoms with Crippen LogP contribution in [-0.4, -0.2) is 118 Å². The van der Waals surface area contributed by atoms with Crippen LogP contribution in [0.4, 0.5) is 0 Å². The number of hydrogen-bond donors (Lipinski definition) is 2. The van der Waals surface area contributed by atoms with Crippen LogP contribution in [0.15, 0.2) is 41.9 Å². The highest BCUT2D eigenvalue weighted by atomic mass is 32.1. The number of thiazole rings is 1. The van der Waals surface area contributed by atoms with Gasteiger partial charge in [0, 0.05) is 92.8 Å². The Balaban J connectivity index is 1.31. The van der Waals surface area contributed by atoms with Crippen molar-refractivity contribution < 1.29 is 33.4 Å². The van der Waals surface area contributed by atoms with Crippen LogP contribution in [0.1, 0.15) is 83.2 Å². The molecule has 2 N–H and O–H groups in total. The number of carbonyl (C=O) groups is 5. The molecule has 2 saturated heterocycles. The van der Waals surface area contributed by atoms with Gasteiger partial charge < -0.3 is 29.2 Å². The molecule has 4 aromatic rings. The first-order valence-corrected chi connectivity index (χ1v) is 22.9. The number of hydrazine groups is 1. The van der Waals surface area contributed by atoms with Crippen molar-refractivity contribution in [3.63, 3.8) is 0 Å². The van der Waals surface area contributed by atoms with Crippen LogP contribution < -0.4 is 10.7 Å². The van der Waals surface area contributed by atoms with E-state index in [1.165, 1.54) is 16.2 Å². The maximum Gasteiger partial charge on any atom is 0.298 e. The topological polar surface area (TPSA) is 168 Å². The predicted molar refractivity (Wildman–Crippen MR) is 246 cm³/mol. The number of carbonyl (C=O) groups excluding carboxylic acids is 5. The molecule has 4 amide bonds. The number of rotatable bonds is 17. The molecule has 0 saturated carbocycles. The molecule has 15 nitrogen and oxygen atoms in total. The number of likely N-dealkylation sites (N-methyl/N-ethyl adjacent to an activating group) is 1. The largest absolute Gasteiger partial charge is 0.467 e. The first-order valence-electron chi connectivity index (χ1n) is 22.0. The summed E-state index contributed by atoms with van der Waals surface area (Å²) in [7, 11) is 5.33. The molecule has 0 spiro atoms. The van der Waals surface area contributed by atoms with Gasteiger partial charge in [0.2, 0.25) is 11.8 Å². The number of aromatic nitrogens is 3. The number of benzene rings is 1. The molecule has 0 radical (unpaired) electrons. The molecule has 5 heterocycles. The van der Waals surface area contributed by atoms with Gasteiger partial charge in [0.1, 0.15) is 12.1 Å². The summed E-state index contributed by atoms with van der Waals surface area (Å²) in [6, 6.07) is 8.42. The Bertz CT molecular complexity index is 2410. The maximum absolute atomic E-state index is 14.3. The Morgan fingerprint density at radius 3 is 2.61 bits per heavy atom. The van der Waals surface area contributed by atoms with Crippen LogP contribution in [0.3, 0.4) is 0 Å². The number of nitrogens with zero attached hydrogens (tertiary/aromatic N) is 6. The Morgan fingerprint density at radius 2 is 1.92 bits per heavy atom. The molecule has 2 aliphatic rings. The highest BCUT2D eigenvalue weighted by Gasteiger charge is 2.39. The quantitative estimate of drug-likeness (QED) is 0.105. The first-order chi connectivity index (χ1) is 30.6. The fraction of sp³-hybridized carbons (Fsp3) is 0.521. The zero-order valence-electron chi connectivity index (χ0n) is 38.5. The maximum atomic E-state index is 14.3. The zero-order chi connectivity index (χ0) is 46.3. The second kappa shape index (κ2) is 20.9. The van der Waals surface area contributed by atoms with Crippen molar-refractivity contribution in [2.75, 3.05) is 46.9 Å². The van der Waals surface area contributed by atoms with Gasteiger partial charge in [-0.05, 0) is 81.2 Å². The van der Waals surface area contributed by atoms with Crippen LogP contribution in [0.2, 0.25) is 0 Å². The first kappa shape index (κ1) is 47.8. The summed E-state index contributed by atoms with van der Waals surface area (Å²) in [5.74, 6) is 3.19. The SMILES string of the molecule is CC#CC(=O)N1CC[C@H](C(=O)N(C)[C@H](C(=O)N[C@@H](Cc2nc(-c3ccc4c(c3)c(CC(C)(C)COC=O)c(-c3cccnc3[C@H](C)OC)n4C)cs2)C(=O)N2CCCCN2)C(C)C)C1. The summed E-state index contributed by atoms with van der Waals surface area (Å²) in [6.45, 7) is 14.0. The van der Waals surface area contributed by atoms with E-state index in [0.29, 0.717) is 44.0 Å². The van der Waals surface area contributed by atoms with E-state index in [1.54, 1.807) is 37.2 Å². The summed E-state index contributed by atoms with van der Waals surface area (Å²) < 4.78 is 13.2. The van der Waals surface area contributed by atoms with Gasteiger partial charge in [0.05, 0.1) is 40.7 Å². The van der Waals surface area contributed by atoms with Crippen LogP contribution in [0.5, 0.6) is 0 Å². The van der Waals surface area contributed by atoms with Gasteiger partial charge in [-0.1, -0.05) is 39.7 Å². The van der Waals surface area contributed by atoms with E-state index in [1.807, 2.05) is 45.3 Å². The van der Waals surface area contributed by atoms with E-state index in [-0.39, 0.29) is 49.3 Å². The molecule has 3 aromatic heterocycles. The molecule has 1 aromatic carbocycles. The fourth-order valence-corrected chi connectivity index (χ4v) is 9.81. The number of aryl methyl sites for hydroxylation is 1. The summed E-state index contributed by atoms with van der Waals surface area (Å²) in [5, 5.41) is 8.27.